The Hall–Kier alpha value is -1.44. The number of hydrogen-bond donors (Lipinski definition) is 3. The molecule has 0 saturated heterocycles. The van der Waals surface area contributed by atoms with Crippen LogP contribution in [0.2, 0.25) is 0 Å². The number of nitrogens with one attached hydrogen (secondary N) is 1. The van der Waals surface area contributed by atoms with Crippen LogP contribution >= 0.6 is 0 Å². The Morgan fingerprint density at radius 2 is 1.95 bits per heavy atom. The molecule has 4 N–H and O–H groups in total. The SMILES string of the molecule is CCCC[C@@](CN)(NS(=O)(=O)c1ccccc1)C(=O)O. The maximum absolute atomic E-state index is 12.2. The van der Waals surface area contributed by atoms with Gasteiger partial charge in [-0.15, -0.1) is 0 Å². The van der Waals surface area contributed by atoms with Crippen molar-refractivity contribution >= 4 is 16.0 Å². The molecule has 112 valence electrons. The lowest BCUT2D eigenvalue weighted by molar-refractivity contribution is -0.144. The fourth-order valence-corrected chi connectivity index (χ4v) is 3.25. The van der Waals surface area contributed by atoms with E-state index in [2.05, 4.69) is 4.72 Å². The molecule has 0 aromatic heterocycles. The summed E-state index contributed by atoms with van der Waals surface area (Å²) in [5.74, 6) is -1.26. The lowest BCUT2D eigenvalue weighted by atomic mass is 9.94. The van der Waals surface area contributed by atoms with Crippen LogP contribution in [0.5, 0.6) is 0 Å². The quantitative estimate of drug-likeness (QED) is 0.662. The Morgan fingerprint density at radius 1 is 1.35 bits per heavy atom. The summed E-state index contributed by atoms with van der Waals surface area (Å²) in [7, 11) is -3.92. The third kappa shape index (κ3) is 3.78. The largest absolute Gasteiger partial charge is 0.480 e. The Kier molecular flexibility index (Phi) is 5.67. The van der Waals surface area contributed by atoms with Gasteiger partial charge in [-0.05, 0) is 18.6 Å². The summed E-state index contributed by atoms with van der Waals surface area (Å²) in [6, 6.07) is 7.65. The van der Waals surface area contributed by atoms with Gasteiger partial charge in [-0.2, -0.15) is 4.72 Å². The van der Waals surface area contributed by atoms with Gasteiger partial charge in [0, 0.05) is 6.54 Å². The van der Waals surface area contributed by atoms with Gasteiger partial charge in [0.1, 0.15) is 5.54 Å². The minimum absolute atomic E-state index is 0.0237. The molecule has 6 nitrogen and oxygen atoms in total. The molecule has 0 spiro atoms. The van der Waals surface area contributed by atoms with Gasteiger partial charge in [-0.3, -0.25) is 4.79 Å². The third-order valence-electron chi connectivity index (χ3n) is 3.10. The first-order valence-electron chi connectivity index (χ1n) is 6.40. The van der Waals surface area contributed by atoms with Crippen molar-refractivity contribution in [2.75, 3.05) is 6.54 Å². The number of carboxylic acids is 1. The second-order valence-corrected chi connectivity index (χ2v) is 6.30. The zero-order chi connectivity index (χ0) is 15.2. The van der Waals surface area contributed by atoms with E-state index in [1.165, 1.54) is 12.1 Å². The minimum Gasteiger partial charge on any atom is -0.480 e. The van der Waals surface area contributed by atoms with Gasteiger partial charge < -0.3 is 10.8 Å². The third-order valence-corrected chi connectivity index (χ3v) is 4.65. The van der Waals surface area contributed by atoms with Crippen molar-refractivity contribution in [3.8, 4) is 0 Å². The number of benzene rings is 1. The fraction of sp³-hybridized carbons (Fsp3) is 0.462. The Morgan fingerprint density at radius 3 is 2.40 bits per heavy atom. The van der Waals surface area contributed by atoms with Gasteiger partial charge in [-0.25, -0.2) is 8.42 Å². The smallest absolute Gasteiger partial charge is 0.326 e. The van der Waals surface area contributed by atoms with Crippen LogP contribution in [0.4, 0.5) is 0 Å². The summed E-state index contributed by atoms with van der Waals surface area (Å²) in [5.41, 5.74) is 3.86. The van der Waals surface area contributed by atoms with Crippen LogP contribution in [0, 0.1) is 0 Å². The molecule has 0 aliphatic heterocycles. The van der Waals surface area contributed by atoms with Crippen LogP contribution in [0.1, 0.15) is 26.2 Å². The second-order valence-electron chi connectivity index (χ2n) is 4.61. The Balaban J connectivity index is 3.09. The highest BCUT2D eigenvalue weighted by molar-refractivity contribution is 7.89. The molecule has 1 aromatic rings. The van der Waals surface area contributed by atoms with Crippen LogP contribution in [0.15, 0.2) is 35.2 Å². The van der Waals surface area contributed by atoms with Gasteiger partial charge in [0.2, 0.25) is 10.0 Å². The van der Waals surface area contributed by atoms with E-state index in [1.54, 1.807) is 18.2 Å². The molecule has 0 aliphatic rings. The van der Waals surface area contributed by atoms with Crippen LogP contribution < -0.4 is 10.5 Å². The van der Waals surface area contributed by atoms with Gasteiger partial charge in [0.25, 0.3) is 0 Å². The van der Waals surface area contributed by atoms with Gasteiger partial charge in [0.15, 0.2) is 0 Å². The molecule has 0 unspecified atom stereocenters. The summed E-state index contributed by atoms with van der Waals surface area (Å²) in [5, 5.41) is 9.35. The average Bonchev–Trinajstić information content (AvgIpc) is 2.44. The van der Waals surface area contributed by atoms with E-state index >= 15 is 0 Å². The first-order valence-corrected chi connectivity index (χ1v) is 7.89. The number of carbonyl (C=O) groups is 1. The molecule has 0 amide bonds. The highest BCUT2D eigenvalue weighted by Gasteiger charge is 2.40. The lowest BCUT2D eigenvalue weighted by Gasteiger charge is -2.28. The predicted molar refractivity (Wildman–Crippen MR) is 75.7 cm³/mol. The zero-order valence-corrected chi connectivity index (χ0v) is 12.2. The van der Waals surface area contributed by atoms with Crippen molar-refractivity contribution in [3.05, 3.63) is 30.3 Å². The van der Waals surface area contributed by atoms with E-state index in [0.29, 0.717) is 6.42 Å². The maximum atomic E-state index is 12.2. The molecule has 20 heavy (non-hydrogen) atoms. The van der Waals surface area contributed by atoms with Crippen LogP contribution in [0.25, 0.3) is 0 Å². The molecule has 0 bridgehead atoms. The lowest BCUT2D eigenvalue weighted by Crippen LogP contribution is -2.59. The molecular formula is C13H20N2O4S. The van der Waals surface area contributed by atoms with Crippen molar-refractivity contribution in [2.24, 2.45) is 5.73 Å². The first kappa shape index (κ1) is 16.6. The summed E-state index contributed by atoms with van der Waals surface area (Å²) in [4.78, 5) is 11.5. The summed E-state index contributed by atoms with van der Waals surface area (Å²) in [6.45, 7) is 1.60. The molecular weight excluding hydrogens is 280 g/mol. The van der Waals surface area contributed by atoms with Crippen molar-refractivity contribution in [2.45, 2.75) is 36.6 Å². The van der Waals surface area contributed by atoms with Crippen LogP contribution in [0.3, 0.4) is 0 Å². The highest BCUT2D eigenvalue weighted by Crippen LogP contribution is 2.18. The zero-order valence-electron chi connectivity index (χ0n) is 11.4. The van der Waals surface area contributed by atoms with E-state index in [0.717, 1.165) is 6.42 Å². The number of carboxylic acid groups (broad SMARTS) is 1. The monoisotopic (exact) mass is 300 g/mol. The molecule has 1 aromatic carbocycles. The molecule has 0 aliphatic carbocycles. The average molecular weight is 300 g/mol. The van der Waals surface area contributed by atoms with Crippen molar-refractivity contribution in [1.29, 1.82) is 0 Å². The highest BCUT2D eigenvalue weighted by atomic mass is 32.2. The fourth-order valence-electron chi connectivity index (χ4n) is 1.83. The Labute approximate surface area is 119 Å². The number of rotatable bonds is 8. The van der Waals surface area contributed by atoms with Crippen molar-refractivity contribution in [1.82, 2.24) is 4.72 Å². The van der Waals surface area contributed by atoms with E-state index < -0.39 is 21.5 Å². The summed E-state index contributed by atoms with van der Waals surface area (Å²) in [6.07, 6.45) is 1.48. The minimum atomic E-state index is -3.92. The van der Waals surface area contributed by atoms with Gasteiger partial charge in [0.05, 0.1) is 4.90 Å². The predicted octanol–water partition coefficient (Wildman–Crippen LogP) is 0.937. The topological polar surface area (TPSA) is 109 Å². The molecule has 0 saturated carbocycles. The number of nitrogens with two attached hydrogens (primary N) is 1. The van der Waals surface area contributed by atoms with Gasteiger partial charge >= 0.3 is 5.97 Å². The molecule has 1 rings (SSSR count). The molecule has 1 atom stereocenters. The molecule has 0 fully saturated rings. The van der Waals surface area contributed by atoms with E-state index in [-0.39, 0.29) is 17.9 Å². The second kappa shape index (κ2) is 6.83. The van der Waals surface area contributed by atoms with Crippen LogP contribution in [-0.2, 0) is 14.8 Å². The maximum Gasteiger partial charge on any atom is 0.326 e. The normalized spacial score (nSPS) is 14.7. The van der Waals surface area contributed by atoms with Crippen molar-refractivity contribution in [3.63, 3.8) is 0 Å². The first-order chi connectivity index (χ1) is 9.38. The number of hydrogen-bond acceptors (Lipinski definition) is 4. The summed E-state index contributed by atoms with van der Waals surface area (Å²) >= 11 is 0. The standard InChI is InChI=1S/C13H20N2O4S/c1-2-3-9-13(10-14,12(16)17)15-20(18,19)11-7-5-4-6-8-11/h4-8,15H,2-3,9-10,14H2,1H3,(H,16,17)/t13-/m0/s1. The summed E-state index contributed by atoms with van der Waals surface area (Å²) < 4.78 is 26.7. The van der Waals surface area contributed by atoms with E-state index in [9.17, 15) is 18.3 Å². The molecule has 0 radical (unpaired) electrons. The molecule has 7 heteroatoms. The Bertz CT molecular complexity index is 545. The van der Waals surface area contributed by atoms with Crippen molar-refractivity contribution < 1.29 is 18.3 Å². The number of aliphatic carboxylic acids is 1. The van der Waals surface area contributed by atoms with Crippen LogP contribution in [-0.4, -0.2) is 31.6 Å². The molecule has 0 heterocycles. The van der Waals surface area contributed by atoms with E-state index in [1.807, 2.05) is 6.92 Å². The van der Waals surface area contributed by atoms with E-state index in [4.69, 9.17) is 5.73 Å². The van der Waals surface area contributed by atoms with Gasteiger partial charge in [-0.1, -0.05) is 38.0 Å². The number of sulfonamides is 1. The number of unbranched alkanes of at least 4 members (excludes halogenated alkanes) is 1.